The van der Waals surface area contributed by atoms with Crippen molar-refractivity contribution in [3.05, 3.63) is 53.1 Å². The fourth-order valence-electron chi connectivity index (χ4n) is 3.18. The van der Waals surface area contributed by atoms with Gasteiger partial charge in [0.2, 0.25) is 11.8 Å². The Labute approximate surface area is 159 Å². The zero-order valence-electron chi connectivity index (χ0n) is 16.1. The van der Waals surface area contributed by atoms with Crippen molar-refractivity contribution in [2.24, 2.45) is 0 Å². The molecule has 0 aliphatic carbocycles. The molecule has 6 heteroatoms. The van der Waals surface area contributed by atoms with Crippen LogP contribution in [0.5, 0.6) is 5.75 Å². The minimum absolute atomic E-state index is 0.0229. The fraction of sp³-hybridized carbons (Fsp3) is 0.333. The summed E-state index contributed by atoms with van der Waals surface area (Å²) < 4.78 is 5.13. The number of aryl methyl sites for hydroxylation is 1. The third-order valence-electron chi connectivity index (χ3n) is 4.87. The summed E-state index contributed by atoms with van der Waals surface area (Å²) in [6.45, 7) is 6.48. The number of carbonyl (C=O) groups is 2. The van der Waals surface area contributed by atoms with Gasteiger partial charge in [0.15, 0.2) is 0 Å². The SMILES string of the molecule is COc1ccc(CNCC(=O)Nc2cc(C)c3c(c2)C(C)(C)C(=O)N3)cc1. The number of hydrogen-bond acceptors (Lipinski definition) is 4. The maximum atomic E-state index is 12.3. The molecular weight excluding hydrogens is 342 g/mol. The van der Waals surface area contributed by atoms with Crippen LogP contribution in [0.25, 0.3) is 0 Å². The van der Waals surface area contributed by atoms with Gasteiger partial charge in [-0.05, 0) is 61.7 Å². The van der Waals surface area contributed by atoms with Gasteiger partial charge in [0.05, 0.1) is 19.1 Å². The van der Waals surface area contributed by atoms with Gasteiger partial charge in [0.25, 0.3) is 0 Å². The maximum absolute atomic E-state index is 12.3. The molecule has 2 aromatic rings. The van der Waals surface area contributed by atoms with Crippen LogP contribution in [0.1, 0.15) is 30.5 Å². The number of nitrogens with one attached hydrogen (secondary N) is 3. The molecule has 3 rings (SSSR count). The molecule has 0 atom stereocenters. The highest BCUT2D eigenvalue weighted by Gasteiger charge is 2.39. The van der Waals surface area contributed by atoms with Crippen LogP contribution in [0.15, 0.2) is 36.4 Å². The highest BCUT2D eigenvalue weighted by atomic mass is 16.5. The van der Waals surface area contributed by atoms with Crippen molar-refractivity contribution in [1.82, 2.24) is 5.32 Å². The van der Waals surface area contributed by atoms with Gasteiger partial charge in [-0.25, -0.2) is 0 Å². The molecule has 0 saturated heterocycles. The number of ether oxygens (including phenoxy) is 1. The average molecular weight is 367 g/mol. The standard InChI is InChI=1S/C21H25N3O3/c1-13-9-15(10-17-19(13)24-20(26)21(17,2)3)23-18(25)12-22-11-14-5-7-16(27-4)8-6-14/h5-10,22H,11-12H2,1-4H3,(H,23,25)(H,24,26). The van der Waals surface area contributed by atoms with E-state index in [1.165, 1.54) is 0 Å². The highest BCUT2D eigenvalue weighted by Crippen LogP contribution is 2.40. The summed E-state index contributed by atoms with van der Waals surface area (Å²) in [6, 6.07) is 11.5. The molecule has 6 nitrogen and oxygen atoms in total. The van der Waals surface area contributed by atoms with Crippen LogP contribution in [0, 0.1) is 6.92 Å². The first-order chi connectivity index (χ1) is 12.8. The summed E-state index contributed by atoms with van der Waals surface area (Å²) in [5.74, 6) is 0.655. The quantitative estimate of drug-likeness (QED) is 0.733. The lowest BCUT2D eigenvalue weighted by Crippen LogP contribution is -2.28. The van der Waals surface area contributed by atoms with Gasteiger partial charge in [-0.3, -0.25) is 9.59 Å². The molecule has 0 bridgehead atoms. The Bertz CT molecular complexity index is 873. The second-order valence-corrected chi connectivity index (χ2v) is 7.29. The molecule has 2 amide bonds. The molecule has 27 heavy (non-hydrogen) atoms. The van der Waals surface area contributed by atoms with Crippen LogP contribution in [0.3, 0.4) is 0 Å². The number of rotatable bonds is 6. The van der Waals surface area contributed by atoms with Crippen LogP contribution >= 0.6 is 0 Å². The van der Waals surface area contributed by atoms with Gasteiger partial charge in [0.1, 0.15) is 5.75 Å². The molecule has 0 radical (unpaired) electrons. The minimum atomic E-state index is -0.604. The zero-order chi connectivity index (χ0) is 19.6. The Balaban J connectivity index is 1.59. The summed E-state index contributed by atoms with van der Waals surface area (Å²) in [6.07, 6.45) is 0. The summed E-state index contributed by atoms with van der Waals surface area (Å²) >= 11 is 0. The Morgan fingerprint density at radius 1 is 1.19 bits per heavy atom. The summed E-state index contributed by atoms with van der Waals surface area (Å²) in [5.41, 5.74) is 3.87. The first-order valence-corrected chi connectivity index (χ1v) is 8.91. The Morgan fingerprint density at radius 3 is 2.56 bits per heavy atom. The summed E-state index contributed by atoms with van der Waals surface area (Å²) in [4.78, 5) is 24.4. The summed E-state index contributed by atoms with van der Waals surface area (Å²) in [7, 11) is 1.63. The van der Waals surface area contributed by atoms with E-state index in [0.29, 0.717) is 12.2 Å². The van der Waals surface area contributed by atoms with Crippen LogP contribution in [-0.2, 0) is 21.5 Å². The third-order valence-corrected chi connectivity index (χ3v) is 4.87. The molecule has 3 N–H and O–H groups in total. The monoisotopic (exact) mass is 367 g/mol. The van der Waals surface area contributed by atoms with E-state index in [9.17, 15) is 9.59 Å². The van der Waals surface area contributed by atoms with Crippen LogP contribution in [0.4, 0.5) is 11.4 Å². The number of fused-ring (bicyclic) bond motifs is 1. The van der Waals surface area contributed by atoms with Gasteiger partial charge in [-0.1, -0.05) is 12.1 Å². The molecule has 2 aromatic carbocycles. The topological polar surface area (TPSA) is 79.5 Å². The molecular formula is C21H25N3O3. The van der Waals surface area contributed by atoms with E-state index >= 15 is 0 Å². The fourth-order valence-corrected chi connectivity index (χ4v) is 3.18. The van der Waals surface area contributed by atoms with Crippen molar-refractivity contribution in [2.45, 2.75) is 32.7 Å². The summed E-state index contributed by atoms with van der Waals surface area (Å²) in [5, 5.41) is 8.96. The van der Waals surface area contributed by atoms with Crippen molar-refractivity contribution in [3.63, 3.8) is 0 Å². The second kappa shape index (κ2) is 7.40. The lowest BCUT2D eigenvalue weighted by molar-refractivity contribution is -0.119. The zero-order valence-corrected chi connectivity index (χ0v) is 16.1. The average Bonchev–Trinajstić information content (AvgIpc) is 2.86. The predicted octanol–water partition coefficient (Wildman–Crippen LogP) is 2.96. The number of amides is 2. The van der Waals surface area contributed by atoms with E-state index < -0.39 is 5.41 Å². The van der Waals surface area contributed by atoms with E-state index in [1.54, 1.807) is 7.11 Å². The van der Waals surface area contributed by atoms with E-state index in [-0.39, 0.29) is 18.4 Å². The van der Waals surface area contributed by atoms with Gasteiger partial charge >= 0.3 is 0 Å². The number of carbonyl (C=O) groups excluding carboxylic acids is 2. The van der Waals surface area contributed by atoms with E-state index in [2.05, 4.69) is 16.0 Å². The molecule has 0 aromatic heterocycles. The molecule has 0 fully saturated rings. The van der Waals surface area contributed by atoms with Crippen LogP contribution < -0.4 is 20.7 Å². The van der Waals surface area contributed by atoms with Gasteiger partial charge in [-0.2, -0.15) is 0 Å². The van der Waals surface area contributed by atoms with Crippen molar-refractivity contribution >= 4 is 23.2 Å². The predicted molar refractivity (Wildman–Crippen MR) is 106 cm³/mol. The number of anilines is 2. The van der Waals surface area contributed by atoms with Crippen molar-refractivity contribution in [1.29, 1.82) is 0 Å². The molecule has 142 valence electrons. The Morgan fingerprint density at radius 2 is 1.89 bits per heavy atom. The molecule has 0 unspecified atom stereocenters. The first kappa shape index (κ1) is 18.9. The lowest BCUT2D eigenvalue weighted by Gasteiger charge is -2.17. The molecule has 1 heterocycles. The van der Waals surface area contributed by atoms with Gasteiger partial charge < -0.3 is 20.7 Å². The Hall–Kier alpha value is -2.86. The molecule has 1 aliphatic heterocycles. The van der Waals surface area contributed by atoms with Crippen molar-refractivity contribution in [2.75, 3.05) is 24.3 Å². The molecule has 0 saturated carbocycles. The maximum Gasteiger partial charge on any atom is 0.238 e. The second-order valence-electron chi connectivity index (χ2n) is 7.29. The highest BCUT2D eigenvalue weighted by molar-refractivity contribution is 6.07. The van der Waals surface area contributed by atoms with Gasteiger partial charge in [0, 0.05) is 17.9 Å². The third kappa shape index (κ3) is 3.95. The van der Waals surface area contributed by atoms with Crippen molar-refractivity contribution < 1.29 is 14.3 Å². The van der Waals surface area contributed by atoms with Crippen LogP contribution in [0.2, 0.25) is 0 Å². The van der Waals surface area contributed by atoms with Crippen molar-refractivity contribution in [3.8, 4) is 5.75 Å². The number of benzene rings is 2. The van der Waals surface area contributed by atoms with E-state index in [0.717, 1.165) is 28.1 Å². The van der Waals surface area contributed by atoms with E-state index in [1.807, 2.05) is 57.2 Å². The van der Waals surface area contributed by atoms with E-state index in [4.69, 9.17) is 4.74 Å². The minimum Gasteiger partial charge on any atom is -0.497 e. The lowest BCUT2D eigenvalue weighted by atomic mass is 9.85. The van der Waals surface area contributed by atoms with Gasteiger partial charge in [-0.15, -0.1) is 0 Å². The largest absolute Gasteiger partial charge is 0.497 e. The van der Waals surface area contributed by atoms with Crippen LogP contribution in [-0.4, -0.2) is 25.5 Å². The smallest absolute Gasteiger partial charge is 0.238 e. The molecule has 1 aliphatic rings. The number of hydrogen-bond donors (Lipinski definition) is 3. The first-order valence-electron chi connectivity index (χ1n) is 8.91. The molecule has 0 spiro atoms. The Kier molecular flexibility index (Phi) is 5.19. The number of methoxy groups -OCH3 is 1. The normalized spacial score (nSPS) is 14.4.